The van der Waals surface area contributed by atoms with E-state index in [1.165, 1.54) is 5.56 Å². The van der Waals surface area contributed by atoms with E-state index in [1.54, 1.807) is 0 Å². The third-order valence-corrected chi connectivity index (χ3v) is 6.08. The molecular weight excluding hydrogens is 438 g/mol. The maximum Gasteiger partial charge on any atom is 0.227 e. The van der Waals surface area contributed by atoms with Crippen LogP contribution in [-0.4, -0.2) is 51.7 Å². The van der Waals surface area contributed by atoms with Gasteiger partial charge in [-0.3, -0.25) is 4.90 Å². The number of aromatic nitrogens is 2. The maximum atomic E-state index is 10.7. The third kappa shape index (κ3) is 7.66. The van der Waals surface area contributed by atoms with Crippen LogP contribution >= 0.6 is 0 Å². The Hall–Kier alpha value is -2.67. The van der Waals surface area contributed by atoms with Crippen LogP contribution in [0.3, 0.4) is 0 Å². The summed E-state index contributed by atoms with van der Waals surface area (Å²) in [6.45, 7) is 12.8. The topological polar surface area (TPSA) is 59.8 Å². The van der Waals surface area contributed by atoms with Gasteiger partial charge in [-0.25, -0.2) is 4.68 Å². The first-order chi connectivity index (χ1) is 16.9. The Morgan fingerprint density at radius 1 is 1.03 bits per heavy atom. The lowest BCUT2D eigenvalue weighted by molar-refractivity contribution is 0.00841. The van der Waals surface area contributed by atoms with E-state index in [2.05, 4.69) is 39.5 Å². The summed E-state index contributed by atoms with van der Waals surface area (Å²) in [5, 5.41) is 15.6. The predicted molar refractivity (Wildman–Crippen MR) is 141 cm³/mol. The van der Waals surface area contributed by atoms with E-state index in [-0.39, 0.29) is 6.04 Å². The van der Waals surface area contributed by atoms with Crippen molar-refractivity contribution in [3.63, 3.8) is 0 Å². The van der Waals surface area contributed by atoms with Gasteiger partial charge in [0.15, 0.2) is 0 Å². The molecule has 0 spiro atoms. The molecule has 0 aliphatic rings. The van der Waals surface area contributed by atoms with E-state index in [4.69, 9.17) is 14.6 Å². The molecule has 0 saturated heterocycles. The first-order valence-corrected chi connectivity index (χ1v) is 12.8. The second-order valence-electron chi connectivity index (χ2n) is 9.35. The van der Waals surface area contributed by atoms with Gasteiger partial charge in [0.05, 0.1) is 29.7 Å². The molecule has 1 aromatic heterocycles. The van der Waals surface area contributed by atoms with Crippen LogP contribution in [0, 0.1) is 6.92 Å². The van der Waals surface area contributed by atoms with Gasteiger partial charge >= 0.3 is 0 Å². The SMILES string of the molecule is CCCCOC[C@@H](O)CN(Cc1c(CC)nn(-c2ccccc2)c1Oc1ccc(C)cc1)C(C)C. The Morgan fingerprint density at radius 3 is 2.37 bits per heavy atom. The van der Waals surface area contributed by atoms with Crippen LogP contribution in [0.4, 0.5) is 0 Å². The molecule has 35 heavy (non-hydrogen) atoms. The van der Waals surface area contributed by atoms with Gasteiger partial charge in [0, 0.05) is 25.7 Å². The van der Waals surface area contributed by atoms with E-state index in [9.17, 15) is 5.11 Å². The van der Waals surface area contributed by atoms with Crippen molar-refractivity contribution in [2.24, 2.45) is 0 Å². The van der Waals surface area contributed by atoms with Crippen molar-refractivity contribution in [1.82, 2.24) is 14.7 Å². The van der Waals surface area contributed by atoms with E-state index in [0.29, 0.717) is 26.3 Å². The van der Waals surface area contributed by atoms with E-state index < -0.39 is 6.10 Å². The van der Waals surface area contributed by atoms with Crippen LogP contribution in [0.2, 0.25) is 0 Å². The molecule has 6 nitrogen and oxygen atoms in total. The van der Waals surface area contributed by atoms with Crippen molar-refractivity contribution in [3.05, 3.63) is 71.4 Å². The molecule has 0 amide bonds. The summed E-state index contributed by atoms with van der Waals surface area (Å²) >= 11 is 0. The molecule has 0 saturated carbocycles. The van der Waals surface area contributed by atoms with Crippen LogP contribution in [0.5, 0.6) is 11.6 Å². The van der Waals surface area contributed by atoms with Gasteiger partial charge in [0.1, 0.15) is 5.75 Å². The summed E-state index contributed by atoms with van der Waals surface area (Å²) in [6, 6.07) is 18.4. The normalized spacial score (nSPS) is 12.5. The number of aliphatic hydroxyl groups excluding tert-OH is 1. The second-order valence-corrected chi connectivity index (χ2v) is 9.35. The fraction of sp³-hybridized carbons (Fsp3) is 0.483. The Labute approximate surface area is 210 Å². The molecule has 0 radical (unpaired) electrons. The zero-order valence-corrected chi connectivity index (χ0v) is 21.9. The van der Waals surface area contributed by atoms with Crippen LogP contribution in [-0.2, 0) is 17.7 Å². The smallest absolute Gasteiger partial charge is 0.227 e. The van der Waals surface area contributed by atoms with Crippen molar-refractivity contribution in [2.45, 2.75) is 72.6 Å². The third-order valence-electron chi connectivity index (χ3n) is 6.08. The van der Waals surface area contributed by atoms with Crippen molar-refractivity contribution in [1.29, 1.82) is 0 Å². The minimum atomic E-state index is -0.551. The van der Waals surface area contributed by atoms with Crippen molar-refractivity contribution in [3.8, 4) is 17.3 Å². The quantitative estimate of drug-likeness (QED) is 0.291. The lowest BCUT2D eigenvalue weighted by Gasteiger charge is -2.29. The van der Waals surface area contributed by atoms with E-state index in [0.717, 1.165) is 47.8 Å². The molecule has 0 bridgehead atoms. The number of hydrogen-bond donors (Lipinski definition) is 1. The Morgan fingerprint density at radius 2 is 1.74 bits per heavy atom. The van der Waals surface area contributed by atoms with Gasteiger partial charge in [-0.1, -0.05) is 56.2 Å². The second kappa shape index (κ2) is 13.4. The number of unbranched alkanes of at least 4 members (excludes halogenated alkanes) is 1. The van der Waals surface area contributed by atoms with Gasteiger partial charge in [0.2, 0.25) is 5.88 Å². The number of hydrogen-bond acceptors (Lipinski definition) is 5. The summed E-state index contributed by atoms with van der Waals surface area (Å²) in [5.74, 6) is 1.49. The van der Waals surface area contributed by atoms with Gasteiger partial charge in [-0.05, 0) is 57.9 Å². The average Bonchev–Trinajstić information content (AvgIpc) is 3.20. The molecule has 1 heterocycles. The molecule has 0 aliphatic heterocycles. The molecule has 3 rings (SSSR count). The lowest BCUT2D eigenvalue weighted by Crippen LogP contribution is -2.39. The van der Waals surface area contributed by atoms with Gasteiger partial charge in [0.25, 0.3) is 0 Å². The number of aliphatic hydroxyl groups is 1. The first kappa shape index (κ1) is 26.9. The van der Waals surface area contributed by atoms with Gasteiger partial charge < -0.3 is 14.6 Å². The largest absolute Gasteiger partial charge is 0.439 e. The monoisotopic (exact) mass is 479 g/mol. The maximum absolute atomic E-state index is 10.7. The molecule has 1 N–H and O–H groups in total. The number of para-hydroxylation sites is 1. The van der Waals surface area contributed by atoms with Crippen LogP contribution in [0.1, 0.15) is 57.4 Å². The molecular formula is C29H41N3O3. The average molecular weight is 480 g/mol. The standard InChI is InChI=1S/C29H41N3O3/c1-6-8-18-34-21-25(33)19-31(22(3)4)20-27-28(7-2)30-32(24-12-10-9-11-13-24)29(27)35-26-16-14-23(5)15-17-26/h9-17,22,25,33H,6-8,18-21H2,1-5H3/t25-/m0/s1. The van der Waals surface area contributed by atoms with Crippen LogP contribution in [0.25, 0.3) is 5.69 Å². The van der Waals surface area contributed by atoms with Gasteiger partial charge in [-0.2, -0.15) is 5.10 Å². The molecule has 2 aromatic carbocycles. The Bertz CT molecular complexity index is 1020. The molecule has 3 aromatic rings. The molecule has 1 atom stereocenters. The Kier molecular flexibility index (Phi) is 10.3. The number of rotatable bonds is 14. The molecule has 0 unspecified atom stereocenters. The fourth-order valence-electron chi connectivity index (χ4n) is 3.94. The predicted octanol–water partition coefficient (Wildman–Crippen LogP) is 5.92. The minimum absolute atomic E-state index is 0.234. The Balaban J connectivity index is 1.92. The summed E-state index contributed by atoms with van der Waals surface area (Å²) in [4.78, 5) is 2.27. The highest BCUT2D eigenvalue weighted by Crippen LogP contribution is 2.32. The highest BCUT2D eigenvalue weighted by molar-refractivity contribution is 5.44. The first-order valence-electron chi connectivity index (χ1n) is 12.8. The minimum Gasteiger partial charge on any atom is -0.439 e. The van der Waals surface area contributed by atoms with Crippen LogP contribution < -0.4 is 4.74 Å². The summed E-state index contributed by atoms with van der Waals surface area (Å²) in [5.41, 5.74) is 4.18. The number of benzene rings is 2. The zero-order chi connectivity index (χ0) is 25.2. The highest BCUT2D eigenvalue weighted by atomic mass is 16.5. The molecule has 0 aliphatic carbocycles. The number of nitrogens with zero attached hydrogens (tertiary/aromatic N) is 3. The summed E-state index contributed by atoms with van der Waals surface area (Å²) in [7, 11) is 0. The van der Waals surface area contributed by atoms with Crippen molar-refractivity contribution in [2.75, 3.05) is 19.8 Å². The van der Waals surface area contributed by atoms with Gasteiger partial charge in [-0.15, -0.1) is 0 Å². The lowest BCUT2D eigenvalue weighted by atomic mass is 10.1. The molecule has 190 valence electrons. The molecule has 0 fully saturated rings. The number of ether oxygens (including phenoxy) is 2. The number of aryl methyl sites for hydroxylation is 2. The molecule has 6 heteroatoms. The van der Waals surface area contributed by atoms with E-state index in [1.807, 2.05) is 59.3 Å². The fourth-order valence-corrected chi connectivity index (χ4v) is 3.94. The summed E-state index contributed by atoms with van der Waals surface area (Å²) in [6.07, 6.45) is 2.33. The van der Waals surface area contributed by atoms with Crippen molar-refractivity contribution >= 4 is 0 Å². The van der Waals surface area contributed by atoms with Crippen molar-refractivity contribution < 1.29 is 14.6 Å². The van der Waals surface area contributed by atoms with E-state index >= 15 is 0 Å². The zero-order valence-electron chi connectivity index (χ0n) is 21.9. The highest BCUT2D eigenvalue weighted by Gasteiger charge is 2.25. The summed E-state index contributed by atoms with van der Waals surface area (Å²) < 4.78 is 14.1. The van der Waals surface area contributed by atoms with Crippen LogP contribution in [0.15, 0.2) is 54.6 Å².